The van der Waals surface area contributed by atoms with Gasteiger partial charge in [0.05, 0.1) is 12.1 Å². The van der Waals surface area contributed by atoms with Crippen molar-refractivity contribution in [1.29, 1.82) is 0 Å². The molecule has 0 spiro atoms. The molecule has 1 aromatic rings. The molecule has 2 unspecified atom stereocenters. The van der Waals surface area contributed by atoms with Gasteiger partial charge in [-0.2, -0.15) is 5.10 Å². The van der Waals surface area contributed by atoms with E-state index in [1.165, 1.54) is 0 Å². The van der Waals surface area contributed by atoms with Crippen molar-refractivity contribution < 1.29 is 4.79 Å². The van der Waals surface area contributed by atoms with Gasteiger partial charge in [-0.25, -0.2) is 0 Å². The van der Waals surface area contributed by atoms with Crippen molar-refractivity contribution >= 4 is 5.91 Å². The number of carbonyl (C=O) groups excluding carboxylic acids is 1. The summed E-state index contributed by atoms with van der Waals surface area (Å²) in [4.78, 5) is 14.2. The maximum atomic E-state index is 12.4. The standard InChI is InChI=1S/C13H22N4O/c1-10-12(5-4-6-14-10)13(18)16(2)8-11-7-15-17(3)9-11/h7,9-10,12,14H,4-6,8H2,1-3H3. The van der Waals surface area contributed by atoms with E-state index >= 15 is 0 Å². The molecular formula is C13H22N4O. The van der Waals surface area contributed by atoms with Gasteiger partial charge in [0.15, 0.2) is 0 Å². The van der Waals surface area contributed by atoms with Gasteiger partial charge in [-0.05, 0) is 26.3 Å². The minimum atomic E-state index is 0.112. The van der Waals surface area contributed by atoms with Crippen LogP contribution in [-0.2, 0) is 18.4 Å². The van der Waals surface area contributed by atoms with Crippen LogP contribution in [0.3, 0.4) is 0 Å². The van der Waals surface area contributed by atoms with Gasteiger partial charge in [-0.3, -0.25) is 9.48 Å². The van der Waals surface area contributed by atoms with Crippen LogP contribution in [0.5, 0.6) is 0 Å². The molecule has 5 nitrogen and oxygen atoms in total. The first-order chi connectivity index (χ1) is 8.58. The second-order valence-corrected chi connectivity index (χ2v) is 5.21. The molecule has 1 aliphatic heterocycles. The fraction of sp³-hybridized carbons (Fsp3) is 0.692. The van der Waals surface area contributed by atoms with E-state index in [1.54, 1.807) is 4.68 Å². The van der Waals surface area contributed by atoms with Gasteiger partial charge in [0.1, 0.15) is 0 Å². The lowest BCUT2D eigenvalue weighted by Gasteiger charge is -2.32. The predicted molar refractivity (Wildman–Crippen MR) is 69.9 cm³/mol. The van der Waals surface area contributed by atoms with Crippen molar-refractivity contribution in [3.63, 3.8) is 0 Å². The highest BCUT2D eigenvalue weighted by Crippen LogP contribution is 2.19. The Kier molecular flexibility index (Phi) is 4.01. The van der Waals surface area contributed by atoms with Crippen LogP contribution in [0, 0.1) is 5.92 Å². The molecule has 2 atom stereocenters. The zero-order valence-corrected chi connectivity index (χ0v) is 11.4. The van der Waals surface area contributed by atoms with E-state index in [4.69, 9.17) is 0 Å². The van der Waals surface area contributed by atoms with Crippen molar-refractivity contribution in [2.24, 2.45) is 13.0 Å². The molecule has 1 fully saturated rings. The van der Waals surface area contributed by atoms with Crippen LogP contribution >= 0.6 is 0 Å². The van der Waals surface area contributed by atoms with Crippen LogP contribution in [0.15, 0.2) is 12.4 Å². The number of piperidine rings is 1. The lowest BCUT2D eigenvalue weighted by molar-refractivity contribution is -0.136. The molecule has 1 aromatic heterocycles. The Hall–Kier alpha value is -1.36. The summed E-state index contributed by atoms with van der Waals surface area (Å²) in [5.74, 6) is 0.346. The van der Waals surface area contributed by atoms with Gasteiger partial charge in [0.2, 0.25) is 5.91 Å². The topological polar surface area (TPSA) is 50.2 Å². The first-order valence-electron chi connectivity index (χ1n) is 6.54. The van der Waals surface area contributed by atoms with Gasteiger partial charge in [0.25, 0.3) is 0 Å². The smallest absolute Gasteiger partial charge is 0.227 e. The van der Waals surface area contributed by atoms with Crippen LogP contribution in [0.1, 0.15) is 25.3 Å². The van der Waals surface area contributed by atoms with E-state index in [0.29, 0.717) is 6.54 Å². The van der Waals surface area contributed by atoms with Gasteiger partial charge in [0, 0.05) is 38.4 Å². The van der Waals surface area contributed by atoms with Crippen LogP contribution < -0.4 is 5.32 Å². The van der Waals surface area contributed by atoms with E-state index in [-0.39, 0.29) is 17.9 Å². The number of carbonyl (C=O) groups is 1. The first kappa shape index (κ1) is 13.1. The lowest BCUT2D eigenvalue weighted by Crippen LogP contribution is -2.47. The quantitative estimate of drug-likeness (QED) is 0.862. The fourth-order valence-corrected chi connectivity index (χ4v) is 2.57. The Morgan fingerprint density at radius 1 is 1.67 bits per heavy atom. The van der Waals surface area contributed by atoms with Crippen LogP contribution in [-0.4, -0.2) is 40.2 Å². The molecule has 1 amide bonds. The molecule has 0 bridgehead atoms. The Morgan fingerprint density at radius 2 is 2.44 bits per heavy atom. The molecule has 5 heteroatoms. The van der Waals surface area contributed by atoms with E-state index in [9.17, 15) is 4.79 Å². The van der Waals surface area contributed by atoms with Crippen molar-refractivity contribution in [2.75, 3.05) is 13.6 Å². The van der Waals surface area contributed by atoms with Crippen LogP contribution in [0.2, 0.25) is 0 Å². The van der Waals surface area contributed by atoms with Crippen molar-refractivity contribution in [3.8, 4) is 0 Å². The van der Waals surface area contributed by atoms with E-state index in [1.807, 2.05) is 31.4 Å². The third-order valence-corrected chi connectivity index (χ3v) is 3.63. The summed E-state index contributed by atoms with van der Waals surface area (Å²) in [6, 6.07) is 0.280. The molecule has 0 saturated carbocycles. The van der Waals surface area contributed by atoms with Gasteiger partial charge < -0.3 is 10.2 Å². The number of hydrogen-bond donors (Lipinski definition) is 1. The third-order valence-electron chi connectivity index (χ3n) is 3.63. The maximum Gasteiger partial charge on any atom is 0.227 e. The zero-order valence-electron chi connectivity index (χ0n) is 11.4. The number of nitrogens with zero attached hydrogens (tertiary/aromatic N) is 3. The molecule has 2 heterocycles. The molecule has 2 rings (SSSR count). The minimum absolute atomic E-state index is 0.112. The summed E-state index contributed by atoms with van der Waals surface area (Å²) in [5, 5.41) is 7.49. The maximum absolute atomic E-state index is 12.4. The SMILES string of the molecule is CC1NCCCC1C(=O)N(C)Cc1cnn(C)c1. The highest BCUT2D eigenvalue weighted by atomic mass is 16.2. The monoisotopic (exact) mass is 250 g/mol. The minimum Gasteiger partial charge on any atom is -0.341 e. The van der Waals surface area contributed by atoms with Crippen molar-refractivity contribution in [2.45, 2.75) is 32.4 Å². The fourth-order valence-electron chi connectivity index (χ4n) is 2.57. The van der Waals surface area contributed by atoms with Gasteiger partial charge in [-0.15, -0.1) is 0 Å². The average molecular weight is 250 g/mol. The predicted octanol–water partition coefficient (Wildman–Crippen LogP) is 0.767. The Balaban J connectivity index is 1.95. The molecule has 18 heavy (non-hydrogen) atoms. The Labute approximate surface area is 108 Å². The Morgan fingerprint density at radius 3 is 3.06 bits per heavy atom. The molecule has 0 aromatic carbocycles. The second kappa shape index (κ2) is 5.52. The van der Waals surface area contributed by atoms with Gasteiger partial charge >= 0.3 is 0 Å². The summed E-state index contributed by atoms with van der Waals surface area (Å²) < 4.78 is 1.76. The number of hydrogen-bond acceptors (Lipinski definition) is 3. The van der Waals surface area contributed by atoms with E-state index < -0.39 is 0 Å². The average Bonchev–Trinajstić information content (AvgIpc) is 2.74. The van der Waals surface area contributed by atoms with Crippen molar-refractivity contribution in [3.05, 3.63) is 18.0 Å². The summed E-state index contributed by atoms with van der Waals surface area (Å²) in [5.41, 5.74) is 1.07. The molecule has 100 valence electrons. The largest absolute Gasteiger partial charge is 0.341 e. The number of aromatic nitrogens is 2. The van der Waals surface area contributed by atoms with E-state index in [0.717, 1.165) is 24.9 Å². The van der Waals surface area contributed by atoms with Gasteiger partial charge in [-0.1, -0.05) is 0 Å². The normalized spacial score (nSPS) is 23.9. The summed E-state index contributed by atoms with van der Waals surface area (Å²) in [6.45, 7) is 3.76. The Bertz CT molecular complexity index is 415. The summed E-state index contributed by atoms with van der Waals surface area (Å²) >= 11 is 0. The molecule has 0 radical (unpaired) electrons. The summed E-state index contributed by atoms with van der Waals surface area (Å²) in [6.07, 6.45) is 5.84. The number of nitrogens with one attached hydrogen (secondary N) is 1. The highest BCUT2D eigenvalue weighted by molar-refractivity contribution is 5.79. The third kappa shape index (κ3) is 2.90. The second-order valence-electron chi connectivity index (χ2n) is 5.21. The molecule has 1 saturated heterocycles. The van der Waals surface area contributed by atoms with Crippen LogP contribution in [0.4, 0.5) is 0 Å². The van der Waals surface area contributed by atoms with Crippen molar-refractivity contribution in [1.82, 2.24) is 20.0 Å². The number of rotatable bonds is 3. The zero-order chi connectivity index (χ0) is 13.1. The van der Waals surface area contributed by atoms with Crippen LogP contribution in [0.25, 0.3) is 0 Å². The highest BCUT2D eigenvalue weighted by Gasteiger charge is 2.29. The first-order valence-corrected chi connectivity index (χ1v) is 6.54. The molecule has 1 aliphatic rings. The molecule has 1 N–H and O–H groups in total. The number of amides is 1. The molecule has 0 aliphatic carbocycles. The lowest BCUT2D eigenvalue weighted by atomic mass is 9.91. The van der Waals surface area contributed by atoms with E-state index in [2.05, 4.69) is 17.3 Å². The number of aryl methyl sites for hydroxylation is 1. The molecular weight excluding hydrogens is 228 g/mol. The summed E-state index contributed by atoms with van der Waals surface area (Å²) in [7, 11) is 3.76.